The summed E-state index contributed by atoms with van der Waals surface area (Å²) in [5.41, 5.74) is 4.72. The van der Waals surface area contributed by atoms with Crippen molar-refractivity contribution < 1.29 is 4.79 Å². The molecule has 0 saturated heterocycles. The van der Waals surface area contributed by atoms with Crippen LogP contribution < -0.4 is 5.32 Å². The number of carbonyl (C=O) groups excluding carboxylic acids is 1. The van der Waals surface area contributed by atoms with Gasteiger partial charge >= 0.3 is 0 Å². The van der Waals surface area contributed by atoms with Crippen molar-refractivity contribution in [3.8, 4) is 0 Å². The molecule has 0 aliphatic heterocycles. The van der Waals surface area contributed by atoms with Crippen LogP contribution in [0.5, 0.6) is 0 Å². The van der Waals surface area contributed by atoms with Crippen LogP contribution in [0.3, 0.4) is 0 Å². The number of imidazole rings is 1. The first-order valence-corrected chi connectivity index (χ1v) is 11.2. The predicted octanol–water partition coefficient (Wildman–Crippen LogP) is 4.79. The molecule has 2 aromatic heterocycles. The molecule has 3 aromatic rings. The molecular weight excluding hydrogens is 382 g/mol. The summed E-state index contributed by atoms with van der Waals surface area (Å²) in [6.07, 6.45) is 5.56. The third-order valence-corrected chi connectivity index (χ3v) is 6.35. The summed E-state index contributed by atoms with van der Waals surface area (Å²) >= 11 is 1.59. The van der Waals surface area contributed by atoms with E-state index in [1.165, 1.54) is 6.42 Å². The Balaban J connectivity index is 1.48. The number of amides is 1. The molecule has 0 atom stereocenters. The van der Waals surface area contributed by atoms with Gasteiger partial charge in [-0.15, -0.1) is 0 Å². The number of rotatable bonds is 5. The van der Waals surface area contributed by atoms with Gasteiger partial charge in [-0.3, -0.25) is 4.79 Å². The number of thioether (sulfide) groups is 1. The Kier molecular flexibility index (Phi) is 5.85. The number of hydrogen-bond acceptors (Lipinski definition) is 5. The topological polar surface area (TPSA) is 72.7 Å². The molecule has 0 bridgehead atoms. The molecule has 0 spiro atoms. The summed E-state index contributed by atoms with van der Waals surface area (Å²) in [4.78, 5) is 26.3. The second-order valence-corrected chi connectivity index (χ2v) is 8.78. The fourth-order valence-electron chi connectivity index (χ4n) is 3.95. The molecule has 1 N–H and O–H groups in total. The smallest absolute Gasteiger partial charge is 0.227 e. The molecule has 7 heteroatoms. The summed E-state index contributed by atoms with van der Waals surface area (Å²) in [7, 11) is 2.02. The van der Waals surface area contributed by atoms with Crippen LogP contribution in [0.2, 0.25) is 0 Å². The molecule has 1 aliphatic carbocycles. The van der Waals surface area contributed by atoms with Crippen LogP contribution in [0, 0.1) is 19.8 Å². The summed E-state index contributed by atoms with van der Waals surface area (Å²) in [5.74, 6) is 1.94. The first kappa shape index (κ1) is 19.9. The minimum atomic E-state index is 0.141. The molecule has 0 unspecified atom stereocenters. The minimum absolute atomic E-state index is 0.141. The van der Waals surface area contributed by atoms with Gasteiger partial charge in [-0.1, -0.05) is 31.0 Å². The highest BCUT2D eigenvalue weighted by atomic mass is 32.2. The van der Waals surface area contributed by atoms with Gasteiger partial charge in [-0.05, 0) is 51.0 Å². The van der Waals surface area contributed by atoms with E-state index in [0.717, 1.165) is 64.8 Å². The number of aryl methyl sites for hydroxylation is 3. The maximum absolute atomic E-state index is 12.5. The number of carbonyl (C=O) groups is 1. The van der Waals surface area contributed by atoms with E-state index in [-0.39, 0.29) is 11.8 Å². The Morgan fingerprint density at radius 1 is 1.10 bits per heavy atom. The zero-order valence-corrected chi connectivity index (χ0v) is 18.1. The van der Waals surface area contributed by atoms with E-state index in [4.69, 9.17) is 4.98 Å². The van der Waals surface area contributed by atoms with E-state index in [1.807, 2.05) is 45.2 Å². The second-order valence-electron chi connectivity index (χ2n) is 7.84. The van der Waals surface area contributed by atoms with E-state index in [2.05, 4.69) is 19.9 Å². The van der Waals surface area contributed by atoms with Crippen molar-refractivity contribution in [2.45, 2.75) is 56.9 Å². The number of fused-ring (bicyclic) bond motifs is 1. The monoisotopic (exact) mass is 409 g/mol. The Bertz CT molecular complexity index is 1020. The van der Waals surface area contributed by atoms with E-state index in [1.54, 1.807) is 11.8 Å². The lowest BCUT2D eigenvalue weighted by molar-refractivity contribution is -0.120. The highest BCUT2D eigenvalue weighted by Crippen LogP contribution is 2.27. The highest BCUT2D eigenvalue weighted by molar-refractivity contribution is 7.98. The molecule has 1 fully saturated rings. The van der Waals surface area contributed by atoms with Crippen LogP contribution >= 0.6 is 11.8 Å². The van der Waals surface area contributed by atoms with Gasteiger partial charge < -0.3 is 9.88 Å². The van der Waals surface area contributed by atoms with E-state index < -0.39 is 0 Å². The van der Waals surface area contributed by atoms with E-state index in [9.17, 15) is 4.79 Å². The number of nitrogens with one attached hydrogen (secondary N) is 1. The Hall–Kier alpha value is -2.41. The molecule has 4 rings (SSSR count). The lowest BCUT2D eigenvalue weighted by Gasteiger charge is -2.20. The predicted molar refractivity (Wildman–Crippen MR) is 117 cm³/mol. The van der Waals surface area contributed by atoms with Crippen LogP contribution in [0.1, 0.15) is 49.3 Å². The second kappa shape index (κ2) is 8.53. The standard InChI is InChI=1S/C22H27N5OS/c1-14-11-15(2)24-22(23-14)29-13-20-26-18-12-17(9-10-19(18)27(20)3)25-21(28)16-7-5-4-6-8-16/h9-12,16H,4-8,13H2,1-3H3,(H,25,28). The highest BCUT2D eigenvalue weighted by Gasteiger charge is 2.21. The van der Waals surface area contributed by atoms with E-state index in [0.29, 0.717) is 5.75 Å². The quantitative estimate of drug-likeness (QED) is 0.484. The first-order valence-electron chi connectivity index (χ1n) is 10.2. The number of nitrogens with zero attached hydrogens (tertiary/aromatic N) is 4. The Morgan fingerprint density at radius 2 is 1.83 bits per heavy atom. The largest absolute Gasteiger partial charge is 0.330 e. The average molecular weight is 410 g/mol. The lowest BCUT2D eigenvalue weighted by atomic mass is 9.88. The Morgan fingerprint density at radius 3 is 2.55 bits per heavy atom. The van der Waals surface area contributed by atoms with Gasteiger partial charge in [0.2, 0.25) is 5.91 Å². The van der Waals surface area contributed by atoms with Crippen LogP contribution in [-0.2, 0) is 17.6 Å². The molecule has 29 heavy (non-hydrogen) atoms. The maximum Gasteiger partial charge on any atom is 0.227 e. The molecule has 6 nitrogen and oxygen atoms in total. The van der Waals surface area contributed by atoms with Gasteiger partial charge in [0.1, 0.15) is 5.82 Å². The summed E-state index contributed by atoms with van der Waals surface area (Å²) in [6.45, 7) is 3.97. The van der Waals surface area contributed by atoms with Crippen LogP contribution in [0.15, 0.2) is 29.4 Å². The zero-order valence-electron chi connectivity index (χ0n) is 17.2. The third-order valence-electron chi connectivity index (χ3n) is 5.51. The number of hydrogen-bond donors (Lipinski definition) is 1. The van der Waals surface area contributed by atoms with Crippen molar-refractivity contribution in [3.05, 3.63) is 41.5 Å². The van der Waals surface area contributed by atoms with Gasteiger partial charge in [0.15, 0.2) is 5.16 Å². The molecule has 1 amide bonds. The molecule has 1 aliphatic rings. The molecule has 2 heterocycles. The van der Waals surface area contributed by atoms with Gasteiger partial charge in [0, 0.05) is 30.0 Å². The van der Waals surface area contributed by atoms with Gasteiger partial charge in [-0.2, -0.15) is 0 Å². The fourth-order valence-corrected chi connectivity index (χ4v) is 4.89. The fraction of sp³-hybridized carbons (Fsp3) is 0.455. The van der Waals surface area contributed by atoms with Crippen LogP contribution in [0.25, 0.3) is 11.0 Å². The van der Waals surface area contributed by atoms with Crippen LogP contribution in [0.4, 0.5) is 5.69 Å². The first-order chi connectivity index (χ1) is 14.0. The molecular formula is C22H27N5OS. The Labute approximate surface area is 175 Å². The summed E-state index contributed by atoms with van der Waals surface area (Å²) in [5, 5.41) is 3.86. The molecule has 152 valence electrons. The maximum atomic E-state index is 12.5. The lowest BCUT2D eigenvalue weighted by Crippen LogP contribution is -2.24. The van der Waals surface area contributed by atoms with Crippen LogP contribution in [-0.4, -0.2) is 25.4 Å². The molecule has 1 saturated carbocycles. The normalized spacial score (nSPS) is 15.0. The van der Waals surface area contributed by atoms with Crippen molar-refractivity contribution in [2.24, 2.45) is 13.0 Å². The summed E-state index contributed by atoms with van der Waals surface area (Å²) in [6, 6.07) is 7.94. The van der Waals surface area contributed by atoms with Crippen molar-refractivity contribution in [1.82, 2.24) is 19.5 Å². The van der Waals surface area contributed by atoms with Crippen molar-refractivity contribution in [3.63, 3.8) is 0 Å². The number of anilines is 1. The van der Waals surface area contributed by atoms with Gasteiger partial charge in [0.05, 0.1) is 16.8 Å². The molecule has 1 aromatic carbocycles. The molecule has 0 radical (unpaired) electrons. The number of aromatic nitrogens is 4. The zero-order chi connectivity index (χ0) is 20.4. The van der Waals surface area contributed by atoms with Crippen molar-refractivity contribution in [1.29, 1.82) is 0 Å². The van der Waals surface area contributed by atoms with Gasteiger partial charge in [0.25, 0.3) is 0 Å². The third kappa shape index (κ3) is 4.61. The average Bonchev–Trinajstić information content (AvgIpc) is 3.01. The SMILES string of the molecule is Cc1cc(C)nc(SCc2nc3cc(NC(=O)C4CCCCC4)ccc3n2C)n1. The van der Waals surface area contributed by atoms with Crippen molar-refractivity contribution >= 4 is 34.4 Å². The van der Waals surface area contributed by atoms with E-state index >= 15 is 0 Å². The van der Waals surface area contributed by atoms with Gasteiger partial charge in [-0.25, -0.2) is 15.0 Å². The minimum Gasteiger partial charge on any atom is -0.330 e. The summed E-state index contributed by atoms with van der Waals surface area (Å²) < 4.78 is 2.09. The number of benzene rings is 1. The van der Waals surface area contributed by atoms with Crippen molar-refractivity contribution in [2.75, 3.05) is 5.32 Å².